The highest BCUT2D eigenvalue weighted by molar-refractivity contribution is 6.42. The molecule has 6 nitrogen and oxygen atoms in total. The second kappa shape index (κ2) is 10.1. The van der Waals surface area contributed by atoms with E-state index in [4.69, 9.17) is 44.0 Å². The number of ether oxygens (including phenoxy) is 1. The Morgan fingerprint density at radius 1 is 1.09 bits per heavy atom. The molecule has 1 N–H and O–H groups in total. The van der Waals surface area contributed by atoms with Gasteiger partial charge in [-0.1, -0.05) is 46.9 Å². The van der Waals surface area contributed by atoms with E-state index in [1.54, 1.807) is 61.0 Å². The van der Waals surface area contributed by atoms with Gasteiger partial charge < -0.3 is 14.5 Å². The molecular weight excluding hydrogens is 504 g/mol. The molecule has 0 bridgehead atoms. The summed E-state index contributed by atoms with van der Waals surface area (Å²) in [5, 5.41) is 8.22. The maximum Gasteiger partial charge on any atom is 0.291 e. The van der Waals surface area contributed by atoms with Gasteiger partial charge >= 0.3 is 0 Å². The van der Waals surface area contributed by atoms with E-state index in [1.807, 2.05) is 0 Å². The van der Waals surface area contributed by atoms with Gasteiger partial charge in [-0.15, -0.1) is 0 Å². The lowest BCUT2D eigenvalue weighted by molar-refractivity contribution is 0.0992. The SMILES string of the molecule is Cc1nn(Cc2c(F)cccc2Cl)c(C)c1NC(=O)c1ccc(COc2cccc(Cl)c2Cl)o1. The number of benzene rings is 2. The molecule has 176 valence electrons. The van der Waals surface area contributed by atoms with Crippen molar-refractivity contribution in [2.45, 2.75) is 27.0 Å². The van der Waals surface area contributed by atoms with E-state index in [1.165, 1.54) is 6.07 Å². The van der Waals surface area contributed by atoms with Crippen molar-refractivity contribution in [3.63, 3.8) is 0 Å². The number of anilines is 1. The van der Waals surface area contributed by atoms with Crippen LogP contribution in [0.15, 0.2) is 52.9 Å². The Morgan fingerprint density at radius 2 is 1.82 bits per heavy atom. The molecule has 10 heteroatoms. The summed E-state index contributed by atoms with van der Waals surface area (Å²) in [6, 6.07) is 12.7. The topological polar surface area (TPSA) is 69.3 Å². The molecule has 2 heterocycles. The normalized spacial score (nSPS) is 11.0. The van der Waals surface area contributed by atoms with Gasteiger partial charge in [-0.3, -0.25) is 9.48 Å². The molecule has 4 rings (SSSR count). The van der Waals surface area contributed by atoms with Gasteiger partial charge in [0.15, 0.2) is 5.76 Å². The molecule has 0 spiro atoms. The molecule has 0 aliphatic heterocycles. The number of hydrogen-bond donors (Lipinski definition) is 1. The van der Waals surface area contributed by atoms with Crippen molar-refractivity contribution in [2.24, 2.45) is 0 Å². The van der Waals surface area contributed by atoms with Crippen molar-refractivity contribution in [1.82, 2.24) is 9.78 Å². The highest BCUT2D eigenvalue weighted by Crippen LogP contribution is 2.32. The number of carbonyl (C=O) groups is 1. The van der Waals surface area contributed by atoms with E-state index in [2.05, 4.69) is 10.4 Å². The first-order chi connectivity index (χ1) is 16.2. The van der Waals surface area contributed by atoms with Crippen molar-refractivity contribution < 1.29 is 18.3 Å². The Kier molecular flexibility index (Phi) is 7.16. The largest absolute Gasteiger partial charge is 0.484 e. The monoisotopic (exact) mass is 521 g/mol. The van der Waals surface area contributed by atoms with Crippen LogP contribution in [0.4, 0.5) is 10.1 Å². The Bertz CT molecular complexity index is 1350. The lowest BCUT2D eigenvalue weighted by Crippen LogP contribution is -2.13. The summed E-state index contributed by atoms with van der Waals surface area (Å²) in [7, 11) is 0. The van der Waals surface area contributed by atoms with Crippen LogP contribution in [0.3, 0.4) is 0 Å². The van der Waals surface area contributed by atoms with Crippen molar-refractivity contribution >= 4 is 46.4 Å². The van der Waals surface area contributed by atoms with Crippen molar-refractivity contribution in [3.8, 4) is 5.75 Å². The quantitative estimate of drug-likeness (QED) is 0.282. The highest BCUT2D eigenvalue weighted by atomic mass is 35.5. The van der Waals surface area contributed by atoms with Gasteiger partial charge in [0.05, 0.1) is 28.6 Å². The maximum atomic E-state index is 14.2. The molecule has 0 atom stereocenters. The Balaban J connectivity index is 1.45. The van der Waals surface area contributed by atoms with Crippen LogP contribution in [0.2, 0.25) is 15.1 Å². The van der Waals surface area contributed by atoms with Crippen LogP contribution in [-0.2, 0) is 13.2 Å². The van der Waals surface area contributed by atoms with Crippen LogP contribution in [0, 0.1) is 19.7 Å². The summed E-state index contributed by atoms with van der Waals surface area (Å²) in [4.78, 5) is 12.8. The minimum Gasteiger partial charge on any atom is -0.484 e. The number of aryl methyl sites for hydroxylation is 1. The predicted octanol–water partition coefficient (Wildman–Crippen LogP) is 7.07. The first-order valence-corrected chi connectivity index (χ1v) is 11.3. The number of hydrogen-bond acceptors (Lipinski definition) is 4. The fraction of sp³-hybridized carbons (Fsp3) is 0.167. The average molecular weight is 523 g/mol. The van der Waals surface area contributed by atoms with Gasteiger partial charge in [0.2, 0.25) is 0 Å². The maximum absolute atomic E-state index is 14.2. The first kappa shape index (κ1) is 24.1. The second-order valence-electron chi connectivity index (χ2n) is 7.46. The fourth-order valence-corrected chi connectivity index (χ4v) is 3.93. The second-order valence-corrected chi connectivity index (χ2v) is 8.66. The number of halogens is 4. The first-order valence-electron chi connectivity index (χ1n) is 10.2. The molecule has 2 aromatic heterocycles. The number of furan rings is 1. The number of amides is 1. The predicted molar refractivity (Wildman–Crippen MR) is 130 cm³/mol. The summed E-state index contributed by atoms with van der Waals surface area (Å²) < 4.78 is 27.0. The van der Waals surface area contributed by atoms with Crippen LogP contribution in [0.1, 0.15) is 33.3 Å². The minimum atomic E-state index is -0.457. The van der Waals surface area contributed by atoms with Gasteiger partial charge in [-0.2, -0.15) is 5.10 Å². The minimum absolute atomic E-state index is 0.0622. The lowest BCUT2D eigenvalue weighted by atomic mass is 10.2. The molecule has 34 heavy (non-hydrogen) atoms. The molecule has 0 saturated heterocycles. The van der Waals surface area contributed by atoms with E-state index in [0.717, 1.165) is 0 Å². The molecule has 0 aliphatic carbocycles. The molecular formula is C24H19Cl3FN3O3. The van der Waals surface area contributed by atoms with Crippen LogP contribution in [0.5, 0.6) is 5.75 Å². The standard InChI is InChI=1S/C24H19Cl3FN3O3/c1-13-23(14(2)31(30-13)11-16-17(25)5-3-7-19(16)28)29-24(32)21-10-9-15(34-21)12-33-20-8-4-6-18(26)22(20)27/h3-10H,11-12H2,1-2H3,(H,29,32). The number of rotatable bonds is 7. The third-order valence-corrected chi connectivity index (χ3v) is 6.32. The Labute approximate surface area is 210 Å². The molecule has 2 aromatic carbocycles. The van der Waals surface area contributed by atoms with E-state index >= 15 is 0 Å². The Hall–Kier alpha value is -3.00. The van der Waals surface area contributed by atoms with E-state index in [0.29, 0.717) is 49.2 Å². The summed E-state index contributed by atoms with van der Waals surface area (Å²) in [5.41, 5.74) is 2.06. The van der Waals surface area contributed by atoms with Crippen LogP contribution in [0.25, 0.3) is 0 Å². The van der Waals surface area contributed by atoms with E-state index in [9.17, 15) is 9.18 Å². The molecule has 0 aliphatic rings. The van der Waals surface area contributed by atoms with Crippen LogP contribution < -0.4 is 10.1 Å². The zero-order valence-electron chi connectivity index (χ0n) is 18.2. The zero-order chi connectivity index (χ0) is 24.4. The number of aromatic nitrogens is 2. The summed E-state index contributed by atoms with van der Waals surface area (Å²) in [5.74, 6) is 0.0564. The van der Waals surface area contributed by atoms with Crippen molar-refractivity contribution in [1.29, 1.82) is 0 Å². The molecule has 0 unspecified atom stereocenters. The molecule has 1 amide bonds. The average Bonchev–Trinajstić information content (AvgIpc) is 3.38. The van der Waals surface area contributed by atoms with Crippen LogP contribution >= 0.6 is 34.8 Å². The molecule has 0 saturated carbocycles. The van der Waals surface area contributed by atoms with Gasteiger partial charge in [-0.25, -0.2) is 4.39 Å². The molecule has 0 fully saturated rings. The summed E-state index contributed by atoms with van der Waals surface area (Å²) >= 11 is 18.2. The molecule has 0 radical (unpaired) electrons. The third-order valence-electron chi connectivity index (χ3n) is 5.16. The van der Waals surface area contributed by atoms with E-state index in [-0.39, 0.29) is 18.9 Å². The smallest absolute Gasteiger partial charge is 0.291 e. The number of nitrogens with zero attached hydrogens (tertiary/aromatic N) is 2. The van der Waals surface area contributed by atoms with Crippen LogP contribution in [-0.4, -0.2) is 15.7 Å². The van der Waals surface area contributed by atoms with Gasteiger partial charge in [0.25, 0.3) is 5.91 Å². The van der Waals surface area contributed by atoms with Gasteiger partial charge in [0.1, 0.15) is 29.0 Å². The lowest BCUT2D eigenvalue weighted by Gasteiger charge is -2.09. The summed E-state index contributed by atoms with van der Waals surface area (Å²) in [6.45, 7) is 3.72. The van der Waals surface area contributed by atoms with Crippen molar-refractivity contribution in [2.75, 3.05) is 5.32 Å². The third kappa shape index (κ3) is 5.06. The van der Waals surface area contributed by atoms with Crippen molar-refractivity contribution in [3.05, 3.63) is 97.9 Å². The fourth-order valence-electron chi connectivity index (χ4n) is 3.36. The Morgan fingerprint density at radius 3 is 2.59 bits per heavy atom. The summed E-state index contributed by atoms with van der Waals surface area (Å²) in [6.07, 6.45) is 0. The molecule has 4 aromatic rings. The van der Waals surface area contributed by atoms with Gasteiger partial charge in [-0.05, 0) is 50.2 Å². The van der Waals surface area contributed by atoms with Gasteiger partial charge in [0, 0.05) is 10.6 Å². The number of carbonyl (C=O) groups excluding carboxylic acids is 1. The zero-order valence-corrected chi connectivity index (χ0v) is 20.4. The number of nitrogens with one attached hydrogen (secondary N) is 1. The van der Waals surface area contributed by atoms with E-state index < -0.39 is 11.7 Å². The highest BCUT2D eigenvalue weighted by Gasteiger charge is 2.19.